The molecule has 20 heavy (non-hydrogen) atoms. The normalized spacial score (nSPS) is 22.4. The number of hydrogen-bond donors (Lipinski definition) is 1. The van der Waals surface area contributed by atoms with Crippen molar-refractivity contribution in [2.24, 2.45) is 5.73 Å². The van der Waals surface area contributed by atoms with E-state index >= 15 is 0 Å². The minimum absolute atomic E-state index is 0.255. The molecule has 2 unspecified atom stereocenters. The lowest BCUT2D eigenvalue weighted by Crippen LogP contribution is -2.14. The molecule has 6 heteroatoms. The third-order valence-corrected chi connectivity index (χ3v) is 4.39. The monoisotopic (exact) mass is 311 g/mol. The van der Waals surface area contributed by atoms with E-state index in [1.54, 1.807) is 6.07 Å². The predicted octanol–water partition coefficient (Wildman–Crippen LogP) is 3.56. The smallest absolute Gasteiger partial charge is 0.229 e. The summed E-state index contributed by atoms with van der Waals surface area (Å²) in [6, 6.07) is 5.77. The van der Waals surface area contributed by atoms with Crippen LogP contribution in [-0.2, 0) is 6.42 Å². The number of nitrogens with zero attached hydrogens (tertiary/aromatic N) is 2. The van der Waals surface area contributed by atoms with Crippen LogP contribution in [0.3, 0.4) is 0 Å². The summed E-state index contributed by atoms with van der Waals surface area (Å²) in [6.07, 6.45) is 3.55. The summed E-state index contributed by atoms with van der Waals surface area (Å²) in [4.78, 5) is 4.46. The fraction of sp³-hybridized carbons (Fsp3) is 0.429. The maximum absolute atomic E-state index is 5.99. The minimum Gasteiger partial charge on any atom is -0.339 e. The van der Waals surface area contributed by atoms with Gasteiger partial charge in [0.05, 0.1) is 10.0 Å². The minimum atomic E-state index is 0.255. The first-order chi connectivity index (χ1) is 9.61. The number of aromatic nitrogens is 2. The van der Waals surface area contributed by atoms with Crippen LogP contribution in [0.25, 0.3) is 0 Å². The molecule has 3 rings (SSSR count). The van der Waals surface area contributed by atoms with E-state index in [0.29, 0.717) is 34.1 Å². The molecule has 0 bridgehead atoms. The van der Waals surface area contributed by atoms with E-state index < -0.39 is 0 Å². The molecule has 106 valence electrons. The first-order valence-corrected chi connectivity index (χ1v) is 7.39. The lowest BCUT2D eigenvalue weighted by Gasteiger charge is -2.01. The Balaban J connectivity index is 1.72. The van der Waals surface area contributed by atoms with Crippen LogP contribution in [0.1, 0.15) is 42.5 Å². The molecule has 4 nitrogen and oxygen atoms in total. The third kappa shape index (κ3) is 2.97. The highest BCUT2D eigenvalue weighted by Crippen LogP contribution is 2.32. The van der Waals surface area contributed by atoms with Gasteiger partial charge in [0.25, 0.3) is 0 Å². The van der Waals surface area contributed by atoms with Crippen molar-refractivity contribution in [1.29, 1.82) is 0 Å². The Morgan fingerprint density at radius 3 is 2.80 bits per heavy atom. The summed E-state index contributed by atoms with van der Waals surface area (Å²) in [5.74, 6) is 1.67. The summed E-state index contributed by atoms with van der Waals surface area (Å²) >= 11 is 11.9. The zero-order chi connectivity index (χ0) is 14.1. The fourth-order valence-corrected chi connectivity index (χ4v) is 2.90. The van der Waals surface area contributed by atoms with Crippen molar-refractivity contribution in [2.75, 3.05) is 0 Å². The Kier molecular flexibility index (Phi) is 3.96. The lowest BCUT2D eigenvalue weighted by atomic mass is 10.1. The maximum Gasteiger partial charge on any atom is 0.229 e. The zero-order valence-electron chi connectivity index (χ0n) is 10.9. The zero-order valence-corrected chi connectivity index (χ0v) is 12.4. The SMILES string of the molecule is NC1CCC(c2nc(Cc3ccc(Cl)c(Cl)c3)no2)C1. The Bertz CT molecular complexity index is 614. The van der Waals surface area contributed by atoms with Crippen molar-refractivity contribution in [3.8, 4) is 0 Å². The van der Waals surface area contributed by atoms with Crippen molar-refractivity contribution in [1.82, 2.24) is 10.1 Å². The van der Waals surface area contributed by atoms with Crippen molar-refractivity contribution in [3.05, 3.63) is 45.5 Å². The van der Waals surface area contributed by atoms with E-state index in [1.807, 2.05) is 12.1 Å². The second kappa shape index (κ2) is 5.72. The van der Waals surface area contributed by atoms with Gasteiger partial charge in [-0.1, -0.05) is 34.4 Å². The standard InChI is InChI=1S/C14H15Cl2N3O/c15-11-4-1-8(5-12(11)16)6-13-18-14(20-19-13)9-2-3-10(17)7-9/h1,4-5,9-10H,2-3,6-7,17H2. The largest absolute Gasteiger partial charge is 0.339 e. The van der Waals surface area contributed by atoms with Gasteiger partial charge in [0.2, 0.25) is 5.89 Å². The molecule has 1 aromatic carbocycles. The molecule has 0 spiro atoms. The molecule has 0 amide bonds. The van der Waals surface area contributed by atoms with Crippen molar-refractivity contribution in [2.45, 2.75) is 37.6 Å². The maximum atomic E-state index is 5.99. The third-order valence-electron chi connectivity index (χ3n) is 3.65. The van der Waals surface area contributed by atoms with Gasteiger partial charge in [0, 0.05) is 18.4 Å². The molecular weight excluding hydrogens is 297 g/mol. The van der Waals surface area contributed by atoms with Crippen LogP contribution in [-0.4, -0.2) is 16.2 Å². The summed E-state index contributed by atoms with van der Waals surface area (Å²) in [7, 11) is 0. The van der Waals surface area contributed by atoms with Crippen LogP contribution in [0, 0.1) is 0 Å². The number of nitrogens with two attached hydrogens (primary N) is 1. The number of rotatable bonds is 3. The first-order valence-electron chi connectivity index (χ1n) is 6.64. The van der Waals surface area contributed by atoms with Gasteiger partial charge in [-0.3, -0.25) is 0 Å². The van der Waals surface area contributed by atoms with Gasteiger partial charge < -0.3 is 10.3 Å². The van der Waals surface area contributed by atoms with Gasteiger partial charge in [-0.2, -0.15) is 4.98 Å². The second-order valence-electron chi connectivity index (χ2n) is 5.24. The van der Waals surface area contributed by atoms with Crippen molar-refractivity contribution >= 4 is 23.2 Å². The summed E-state index contributed by atoms with van der Waals surface area (Å²) in [5.41, 5.74) is 6.92. The Labute approximate surface area is 127 Å². The van der Waals surface area contributed by atoms with E-state index in [1.165, 1.54) is 0 Å². The van der Waals surface area contributed by atoms with Crippen molar-refractivity contribution in [3.63, 3.8) is 0 Å². The molecule has 1 aromatic heterocycles. The van der Waals surface area contributed by atoms with Crippen molar-refractivity contribution < 1.29 is 4.52 Å². The van der Waals surface area contributed by atoms with Crippen LogP contribution in [0.4, 0.5) is 0 Å². The predicted molar refractivity (Wildman–Crippen MR) is 78.1 cm³/mol. The highest BCUT2D eigenvalue weighted by atomic mass is 35.5. The molecule has 1 aliphatic carbocycles. The molecule has 2 aromatic rings. The fourth-order valence-electron chi connectivity index (χ4n) is 2.58. The molecule has 1 saturated carbocycles. The van der Waals surface area contributed by atoms with Gasteiger partial charge in [-0.15, -0.1) is 0 Å². The van der Waals surface area contributed by atoms with Crippen LogP contribution in [0.2, 0.25) is 10.0 Å². The average molecular weight is 312 g/mol. The van der Waals surface area contributed by atoms with E-state index in [4.69, 9.17) is 33.5 Å². The van der Waals surface area contributed by atoms with E-state index in [9.17, 15) is 0 Å². The first kappa shape index (κ1) is 13.9. The van der Waals surface area contributed by atoms with E-state index in [2.05, 4.69) is 10.1 Å². The van der Waals surface area contributed by atoms with Crippen LogP contribution >= 0.6 is 23.2 Å². The number of hydrogen-bond acceptors (Lipinski definition) is 4. The van der Waals surface area contributed by atoms with E-state index in [0.717, 1.165) is 24.8 Å². The quantitative estimate of drug-likeness (QED) is 0.941. The molecule has 0 aliphatic heterocycles. The lowest BCUT2D eigenvalue weighted by molar-refractivity contribution is 0.350. The van der Waals surface area contributed by atoms with Crippen LogP contribution in [0.15, 0.2) is 22.7 Å². The Morgan fingerprint density at radius 1 is 1.25 bits per heavy atom. The Hall–Kier alpha value is -1.10. The summed E-state index contributed by atoms with van der Waals surface area (Å²) < 4.78 is 5.35. The molecule has 1 heterocycles. The van der Waals surface area contributed by atoms with Gasteiger partial charge >= 0.3 is 0 Å². The van der Waals surface area contributed by atoms with Gasteiger partial charge in [-0.05, 0) is 37.0 Å². The molecular formula is C14H15Cl2N3O. The second-order valence-corrected chi connectivity index (χ2v) is 6.06. The molecule has 1 aliphatic rings. The summed E-state index contributed by atoms with van der Waals surface area (Å²) in [5, 5.41) is 5.11. The molecule has 1 fully saturated rings. The molecule has 2 N–H and O–H groups in total. The molecule has 0 saturated heterocycles. The topological polar surface area (TPSA) is 64.9 Å². The number of halogens is 2. The van der Waals surface area contributed by atoms with Gasteiger partial charge in [0.15, 0.2) is 5.82 Å². The highest BCUT2D eigenvalue weighted by Gasteiger charge is 2.27. The average Bonchev–Trinajstić information content (AvgIpc) is 3.03. The highest BCUT2D eigenvalue weighted by molar-refractivity contribution is 6.42. The molecule has 2 atom stereocenters. The van der Waals surface area contributed by atoms with Crippen LogP contribution in [0.5, 0.6) is 0 Å². The van der Waals surface area contributed by atoms with Crippen LogP contribution < -0.4 is 5.73 Å². The summed E-state index contributed by atoms with van der Waals surface area (Å²) in [6.45, 7) is 0. The van der Waals surface area contributed by atoms with E-state index in [-0.39, 0.29) is 6.04 Å². The van der Waals surface area contributed by atoms with Gasteiger partial charge in [0.1, 0.15) is 0 Å². The van der Waals surface area contributed by atoms with Gasteiger partial charge in [-0.25, -0.2) is 0 Å². The molecule has 0 radical (unpaired) electrons. The Morgan fingerprint density at radius 2 is 2.10 bits per heavy atom. The number of benzene rings is 1.